The first-order valence-corrected chi connectivity index (χ1v) is 13.8. The van der Waals surface area contributed by atoms with Crippen LogP contribution >= 0.6 is 11.8 Å². The van der Waals surface area contributed by atoms with Crippen LogP contribution in [0.1, 0.15) is 56.9 Å². The lowest BCUT2D eigenvalue weighted by Gasteiger charge is -2.26. The topological polar surface area (TPSA) is 80.8 Å². The maximum atomic E-state index is 12.0. The smallest absolute Gasteiger partial charge is 0.308 e. The zero-order valence-corrected chi connectivity index (χ0v) is 21.0. The number of amides is 1. The molecule has 1 aromatic heterocycles. The fraction of sp³-hybridized carbons (Fsp3) is 0.654. The minimum atomic E-state index is -0.0685. The van der Waals surface area contributed by atoms with Crippen molar-refractivity contribution in [3.05, 3.63) is 36.0 Å². The highest BCUT2D eigenvalue weighted by atomic mass is 32.2. The molecule has 1 aliphatic heterocycles. The fourth-order valence-corrected chi connectivity index (χ4v) is 4.97. The summed E-state index contributed by atoms with van der Waals surface area (Å²) in [5, 5.41) is 2.86. The van der Waals surface area contributed by atoms with Crippen LogP contribution in [0, 0.1) is 5.92 Å². The van der Waals surface area contributed by atoms with Gasteiger partial charge in [-0.05, 0) is 56.5 Å². The third-order valence-electron chi connectivity index (χ3n) is 6.21. The van der Waals surface area contributed by atoms with E-state index in [0.29, 0.717) is 37.1 Å². The number of ether oxygens (including phenoxy) is 2. The fourth-order valence-electron chi connectivity index (χ4n) is 4.33. The van der Waals surface area contributed by atoms with E-state index in [1.54, 1.807) is 6.20 Å². The molecule has 0 unspecified atom stereocenters. The maximum absolute atomic E-state index is 12.0. The number of hydrogen-bond donors (Lipinski definition) is 1. The third kappa shape index (κ3) is 10.5. The maximum Gasteiger partial charge on any atom is 0.308 e. The number of pyridine rings is 1. The van der Waals surface area contributed by atoms with Crippen LogP contribution < -0.4 is 10.1 Å². The zero-order chi connectivity index (χ0) is 23.8. The van der Waals surface area contributed by atoms with Gasteiger partial charge in [-0.15, -0.1) is 11.8 Å². The van der Waals surface area contributed by atoms with E-state index in [2.05, 4.69) is 15.2 Å². The Bertz CT molecular complexity index is 777. The number of aromatic nitrogens is 1. The number of nitrogens with one attached hydrogen (secondary N) is 1. The number of rotatable bonds is 13. The van der Waals surface area contributed by atoms with Crippen molar-refractivity contribution in [3.8, 4) is 5.88 Å². The average Bonchev–Trinajstić information content (AvgIpc) is 2.87. The van der Waals surface area contributed by atoms with E-state index in [4.69, 9.17) is 9.47 Å². The van der Waals surface area contributed by atoms with E-state index in [1.165, 1.54) is 56.1 Å². The molecule has 0 atom stereocenters. The summed E-state index contributed by atoms with van der Waals surface area (Å²) in [6, 6.07) is 4.06. The number of nitrogens with zero attached hydrogens (tertiary/aromatic N) is 2. The Morgan fingerprint density at radius 2 is 1.91 bits per heavy atom. The standard InChI is InChI=1S/C26H39N3O4S/c30-24(21-34-18-17-33-26(31)23-9-3-1-4-10-23)27-12-5-8-16-32-25-19-22(11-13-28-25)20-29-14-6-2-7-15-29/h5,8,11,13,19,23H,1-4,6-7,9-10,12,14-18,20-21H2,(H,27,30). The van der Waals surface area contributed by atoms with E-state index in [0.717, 1.165) is 32.2 Å². The number of carbonyl (C=O) groups is 2. The number of carbonyl (C=O) groups excluding carboxylic acids is 2. The monoisotopic (exact) mass is 489 g/mol. The first kappa shape index (κ1) is 26.5. The van der Waals surface area contributed by atoms with Crippen molar-refractivity contribution in [3.63, 3.8) is 0 Å². The van der Waals surface area contributed by atoms with Crippen molar-refractivity contribution in [2.75, 3.05) is 44.4 Å². The van der Waals surface area contributed by atoms with Crippen LogP contribution in [0.5, 0.6) is 5.88 Å². The number of likely N-dealkylation sites (tertiary alicyclic amines) is 1. The predicted octanol–water partition coefficient (Wildman–Crippen LogP) is 3.98. The lowest BCUT2D eigenvalue weighted by molar-refractivity contribution is -0.148. The van der Waals surface area contributed by atoms with Crippen LogP contribution in [0.4, 0.5) is 0 Å². The zero-order valence-electron chi connectivity index (χ0n) is 20.2. The van der Waals surface area contributed by atoms with Crippen LogP contribution in [0.25, 0.3) is 0 Å². The number of piperidine rings is 1. The molecule has 1 saturated heterocycles. The van der Waals surface area contributed by atoms with Crippen LogP contribution in [0.15, 0.2) is 30.5 Å². The molecular weight excluding hydrogens is 450 g/mol. The van der Waals surface area contributed by atoms with Gasteiger partial charge in [0, 0.05) is 31.1 Å². The summed E-state index contributed by atoms with van der Waals surface area (Å²) >= 11 is 1.48. The Hall–Kier alpha value is -2.06. The first-order valence-electron chi connectivity index (χ1n) is 12.7. The third-order valence-corrected chi connectivity index (χ3v) is 7.13. The second-order valence-electron chi connectivity index (χ2n) is 8.98. The van der Waals surface area contributed by atoms with E-state index in [1.807, 2.05) is 24.3 Å². The minimum absolute atomic E-state index is 0.0266. The highest BCUT2D eigenvalue weighted by Crippen LogP contribution is 2.24. The first-order chi connectivity index (χ1) is 16.7. The molecule has 0 bridgehead atoms. The molecule has 188 valence electrons. The van der Waals surface area contributed by atoms with Crippen LogP contribution in [-0.4, -0.2) is 66.1 Å². The normalized spacial score (nSPS) is 17.5. The van der Waals surface area contributed by atoms with Gasteiger partial charge >= 0.3 is 5.97 Å². The molecule has 1 aliphatic carbocycles. The van der Waals surface area contributed by atoms with E-state index >= 15 is 0 Å². The van der Waals surface area contributed by atoms with Gasteiger partial charge in [-0.1, -0.05) is 31.8 Å². The van der Waals surface area contributed by atoms with Crippen molar-refractivity contribution < 1.29 is 19.1 Å². The largest absolute Gasteiger partial charge is 0.473 e. The quantitative estimate of drug-likeness (QED) is 0.255. The van der Waals surface area contributed by atoms with Gasteiger partial charge < -0.3 is 14.8 Å². The van der Waals surface area contributed by atoms with E-state index < -0.39 is 0 Å². The molecule has 0 spiro atoms. The molecule has 2 heterocycles. The minimum Gasteiger partial charge on any atom is -0.473 e. The summed E-state index contributed by atoms with van der Waals surface area (Å²) in [7, 11) is 0. The molecular formula is C26H39N3O4S. The molecule has 3 rings (SSSR count). The Morgan fingerprint density at radius 3 is 2.74 bits per heavy atom. The summed E-state index contributed by atoms with van der Waals surface area (Å²) in [6.45, 7) is 4.53. The van der Waals surface area contributed by atoms with Crippen LogP contribution in [0.3, 0.4) is 0 Å². The van der Waals surface area contributed by atoms with Gasteiger partial charge in [0.25, 0.3) is 0 Å². The summed E-state index contributed by atoms with van der Waals surface area (Å²) in [5.74, 6) is 1.61. The average molecular weight is 490 g/mol. The Labute approximate surface area is 208 Å². The van der Waals surface area contributed by atoms with Crippen molar-refractivity contribution in [1.29, 1.82) is 0 Å². The number of thioether (sulfide) groups is 1. The highest BCUT2D eigenvalue weighted by molar-refractivity contribution is 7.99. The summed E-state index contributed by atoms with van der Waals surface area (Å²) in [6.07, 6.45) is 14.8. The molecule has 2 fully saturated rings. The predicted molar refractivity (Wildman–Crippen MR) is 136 cm³/mol. The molecule has 8 heteroatoms. The lowest BCUT2D eigenvalue weighted by Crippen LogP contribution is -2.29. The van der Waals surface area contributed by atoms with Crippen LogP contribution in [0.2, 0.25) is 0 Å². The van der Waals surface area contributed by atoms with E-state index in [9.17, 15) is 9.59 Å². The van der Waals surface area contributed by atoms with Gasteiger partial charge in [-0.25, -0.2) is 4.98 Å². The van der Waals surface area contributed by atoms with Crippen LogP contribution in [-0.2, 0) is 20.9 Å². The Kier molecular flexibility index (Phi) is 12.3. The van der Waals surface area contributed by atoms with Crippen molar-refractivity contribution in [2.24, 2.45) is 5.92 Å². The van der Waals surface area contributed by atoms with Gasteiger partial charge in [0.05, 0.1) is 11.7 Å². The molecule has 1 N–H and O–H groups in total. The van der Waals surface area contributed by atoms with Gasteiger partial charge in [0.1, 0.15) is 13.2 Å². The van der Waals surface area contributed by atoms with Gasteiger partial charge in [-0.2, -0.15) is 0 Å². The molecule has 0 aromatic carbocycles. The van der Waals surface area contributed by atoms with E-state index in [-0.39, 0.29) is 17.8 Å². The van der Waals surface area contributed by atoms with Gasteiger partial charge in [-0.3, -0.25) is 14.5 Å². The number of esters is 1. The molecule has 1 saturated carbocycles. The molecule has 34 heavy (non-hydrogen) atoms. The second-order valence-corrected chi connectivity index (χ2v) is 10.1. The summed E-state index contributed by atoms with van der Waals surface area (Å²) < 4.78 is 11.1. The van der Waals surface area contributed by atoms with Crippen molar-refractivity contribution in [1.82, 2.24) is 15.2 Å². The molecule has 2 aliphatic rings. The lowest BCUT2D eigenvalue weighted by atomic mass is 9.89. The van der Waals surface area contributed by atoms with Crippen molar-refractivity contribution in [2.45, 2.75) is 57.9 Å². The summed E-state index contributed by atoms with van der Waals surface area (Å²) in [5.41, 5.74) is 1.23. The molecule has 1 amide bonds. The summed E-state index contributed by atoms with van der Waals surface area (Å²) in [4.78, 5) is 30.7. The number of hydrogen-bond acceptors (Lipinski definition) is 7. The van der Waals surface area contributed by atoms with Crippen molar-refractivity contribution >= 4 is 23.6 Å². The van der Waals surface area contributed by atoms with Gasteiger partial charge in [0.2, 0.25) is 11.8 Å². The molecule has 7 nitrogen and oxygen atoms in total. The SMILES string of the molecule is O=C(CSCCOC(=O)C1CCCCC1)NCC=CCOc1cc(CN2CCCCC2)ccn1. The highest BCUT2D eigenvalue weighted by Gasteiger charge is 2.22. The Morgan fingerprint density at radius 1 is 1.12 bits per heavy atom. The van der Waals surface area contributed by atoms with Gasteiger partial charge in [0.15, 0.2) is 0 Å². The molecule has 0 radical (unpaired) electrons. The Balaban J connectivity index is 1.19. The second kappa shape index (κ2) is 15.8. The molecule has 1 aromatic rings.